The molecular weight excluding hydrogens is 346 g/mol. The van der Waals surface area contributed by atoms with Crippen LogP contribution < -0.4 is 4.74 Å². The number of aromatic nitrogens is 2. The Kier molecular flexibility index (Phi) is 4.86. The largest absolute Gasteiger partial charge is 0.474 e. The molecule has 2 aliphatic heterocycles. The molecule has 4 rings (SSSR count). The second-order valence-corrected chi connectivity index (χ2v) is 7.55. The van der Waals surface area contributed by atoms with E-state index in [4.69, 9.17) is 14.0 Å². The smallest absolute Gasteiger partial charge is 0.276 e. The van der Waals surface area contributed by atoms with Gasteiger partial charge < -0.3 is 18.9 Å². The molecule has 7 heteroatoms. The van der Waals surface area contributed by atoms with E-state index in [1.54, 1.807) is 19.2 Å². The lowest BCUT2D eigenvalue weighted by atomic mass is 9.83. The Labute approximate surface area is 158 Å². The van der Waals surface area contributed by atoms with Gasteiger partial charge in [0.25, 0.3) is 5.91 Å². The van der Waals surface area contributed by atoms with Gasteiger partial charge >= 0.3 is 0 Å². The van der Waals surface area contributed by atoms with Crippen molar-refractivity contribution >= 4 is 5.91 Å². The zero-order chi connectivity index (χ0) is 18.9. The van der Waals surface area contributed by atoms with Gasteiger partial charge in [-0.05, 0) is 38.3 Å². The molecular formula is C20H25N3O4. The monoisotopic (exact) mass is 371 g/mol. The lowest BCUT2D eigenvalue weighted by molar-refractivity contribution is -0.135. The molecule has 1 spiro atoms. The van der Waals surface area contributed by atoms with Crippen LogP contribution in [0.4, 0.5) is 0 Å². The standard InChI is InChI=1S/C20H25N3O4/c1-14-3-7-21-18(11-14)26-16-4-10-25-20(13-16)5-8-23(9-6-20)19(24)17-12-15(2)27-22-17/h3,7,11-12,16H,4-6,8-10,13H2,1-2H3. The van der Waals surface area contributed by atoms with Crippen LogP contribution in [0, 0.1) is 13.8 Å². The van der Waals surface area contributed by atoms with Crippen LogP contribution in [-0.4, -0.2) is 52.3 Å². The lowest BCUT2D eigenvalue weighted by Gasteiger charge is -2.45. The molecule has 0 N–H and O–H groups in total. The van der Waals surface area contributed by atoms with Crippen molar-refractivity contribution in [3.8, 4) is 5.88 Å². The van der Waals surface area contributed by atoms with E-state index < -0.39 is 0 Å². The van der Waals surface area contributed by atoms with E-state index in [9.17, 15) is 4.79 Å². The van der Waals surface area contributed by atoms with Crippen LogP contribution in [0.3, 0.4) is 0 Å². The Balaban J connectivity index is 1.36. The SMILES string of the molecule is Cc1ccnc(OC2CCOC3(CCN(C(=O)c4cc(C)on4)CC3)C2)c1. The molecule has 1 atom stereocenters. The van der Waals surface area contributed by atoms with Gasteiger partial charge in [0.1, 0.15) is 11.9 Å². The van der Waals surface area contributed by atoms with Crippen LogP contribution >= 0.6 is 0 Å². The molecule has 1 amide bonds. The second-order valence-electron chi connectivity index (χ2n) is 7.55. The van der Waals surface area contributed by atoms with Crippen molar-refractivity contribution in [2.75, 3.05) is 19.7 Å². The third kappa shape index (κ3) is 3.98. The van der Waals surface area contributed by atoms with Crippen LogP contribution in [0.1, 0.15) is 47.5 Å². The number of hydrogen-bond donors (Lipinski definition) is 0. The molecule has 0 bridgehead atoms. The van der Waals surface area contributed by atoms with Crippen molar-refractivity contribution in [3.05, 3.63) is 41.4 Å². The van der Waals surface area contributed by atoms with Gasteiger partial charge in [0.2, 0.25) is 5.88 Å². The van der Waals surface area contributed by atoms with Crippen molar-refractivity contribution in [1.82, 2.24) is 15.0 Å². The summed E-state index contributed by atoms with van der Waals surface area (Å²) in [5, 5.41) is 3.84. The summed E-state index contributed by atoms with van der Waals surface area (Å²) in [6.07, 6.45) is 5.16. The minimum atomic E-state index is -0.219. The maximum absolute atomic E-state index is 12.6. The quantitative estimate of drug-likeness (QED) is 0.826. The average Bonchev–Trinajstić information content (AvgIpc) is 3.08. The van der Waals surface area contributed by atoms with E-state index in [0.29, 0.717) is 37.0 Å². The fraction of sp³-hybridized carbons (Fsp3) is 0.550. The molecule has 2 fully saturated rings. The van der Waals surface area contributed by atoms with Crippen LogP contribution in [-0.2, 0) is 4.74 Å². The normalized spacial score (nSPS) is 22.0. The molecule has 0 aromatic carbocycles. The first-order valence-corrected chi connectivity index (χ1v) is 9.49. The first-order chi connectivity index (χ1) is 13.0. The van der Waals surface area contributed by atoms with Crippen molar-refractivity contribution in [1.29, 1.82) is 0 Å². The maximum Gasteiger partial charge on any atom is 0.276 e. The number of hydrogen-bond acceptors (Lipinski definition) is 6. The van der Waals surface area contributed by atoms with Crippen molar-refractivity contribution in [3.63, 3.8) is 0 Å². The van der Waals surface area contributed by atoms with E-state index in [-0.39, 0.29) is 17.6 Å². The van der Waals surface area contributed by atoms with Gasteiger partial charge in [-0.3, -0.25) is 4.79 Å². The highest BCUT2D eigenvalue weighted by Crippen LogP contribution is 2.36. The van der Waals surface area contributed by atoms with Gasteiger partial charge in [-0.1, -0.05) is 5.16 Å². The molecule has 2 aliphatic rings. The lowest BCUT2D eigenvalue weighted by Crippen LogP contribution is -2.52. The number of piperidine rings is 1. The first-order valence-electron chi connectivity index (χ1n) is 9.49. The van der Waals surface area contributed by atoms with Crippen LogP contribution in [0.2, 0.25) is 0 Å². The molecule has 27 heavy (non-hydrogen) atoms. The topological polar surface area (TPSA) is 77.7 Å². The van der Waals surface area contributed by atoms with Gasteiger partial charge in [-0.25, -0.2) is 4.98 Å². The minimum absolute atomic E-state index is 0.0747. The van der Waals surface area contributed by atoms with Gasteiger partial charge in [-0.15, -0.1) is 0 Å². The molecule has 144 valence electrons. The summed E-state index contributed by atoms with van der Waals surface area (Å²) >= 11 is 0. The van der Waals surface area contributed by atoms with Gasteiger partial charge in [0.05, 0.1) is 12.2 Å². The Morgan fingerprint density at radius 3 is 2.81 bits per heavy atom. The van der Waals surface area contributed by atoms with Crippen LogP contribution in [0.5, 0.6) is 5.88 Å². The summed E-state index contributed by atoms with van der Waals surface area (Å²) in [5.41, 5.74) is 1.29. The van der Waals surface area contributed by atoms with E-state index in [0.717, 1.165) is 31.2 Å². The first kappa shape index (κ1) is 18.0. The Bertz CT molecular complexity index is 811. The summed E-state index contributed by atoms with van der Waals surface area (Å²) < 4.78 is 17.3. The third-order valence-electron chi connectivity index (χ3n) is 5.43. The summed E-state index contributed by atoms with van der Waals surface area (Å²) in [7, 11) is 0. The van der Waals surface area contributed by atoms with Crippen molar-refractivity contribution in [2.45, 2.75) is 51.2 Å². The number of ether oxygens (including phenoxy) is 2. The molecule has 7 nitrogen and oxygen atoms in total. The highest BCUT2D eigenvalue weighted by molar-refractivity contribution is 5.92. The number of rotatable bonds is 3. The zero-order valence-corrected chi connectivity index (χ0v) is 15.8. The van der Waals surface area contributed by atoms with Gasteiger partial charge in [-0.2, -0.15) is 0 Å². The van der Waals surface area contributed by atoms with E-state index in [2.05, 4.69) is 10.1 Å². The number of amides is 1. The molecule has 1 unspecified atom stereocenters. The van der Waals surface area contributed by atoms with Gasteiger partial charge in [0, 0.05) is 44.3 Å². The molecule has 2 aromatic heterocycles. The fourth-order valence-electron chi connectivity index (χ4n) is 3.92. The summed E-state index contributed by atoms with van der Waals surface area (Å²) in [4.78, 5) is 18.7. The number of carbonyl (C=O) groups excluding carboxylic acids is 1. The Morgan fingerprint density at radius 1 is 1.30 bits per heavy atom. The van der Waals surface area contributed by atoms with Crippen LogP contribution in [0.15, 0.2) is 28.9 Å². The van der Waals surface area contributed by atoms with Crippen molar-refractivity contribution < 1.29 is 18.8 Å². The molecule has 0 saturated carbocycles. The predicted molar refractivity (Wildman–Crippen MR) is 97.7 cm³/mol. The number of nitrogens with zero attached hydrogens (tertiary/aromatic N) is 3. The molecule has 2 saturated heterocycles. The zero-order valence-electron chi connectivity index (χ0n) is 15.8. The highest BCUT2D eigenvalue weighted by Gasteiger charge is 2.42. The Morgan fingerprint density at radius 2 is 2.11 bits per heavy atom. The fourth-order valence-corrected chi connectivity index (χ4v) is 3.92. The van der Waals surface area contributed by atoms with E-state index >= 15 is 0 Å². The molecule has 2 aromatic rings. The van der Waals surface area contributed by atoms with Crippen molar-refractivity contribution in [2.24, 2.45) is 0 Å². The van der Waals surface area contributed by atoms with Crippen LogP contribution in [0.25, 0.3) is 0 Å². The summed E-state index contributed by atoms with van der Waals surface area (Å²) in [5.74, 6) is 1.24. The molecule has 4 heterocycles. The predicted octanol–water partition coefficient (Wildman–Crippen LogP) is 2.92. The maximum atomic E-state index is 12.6. The van der Waals surface area contributed by atoms with E-state index in [1.165, 1.54) is 0 Å². The average molecular weight is 371 g/mol. The highest BCUT2D eigenvalue weighted by atomic mass is 16.5. The molecule has 0 radical (unpaired) electrons. The summed E-state index contributed by atoms with van der Waals surface area (Å²) in [6, 6.07) is 5.60. The van der Waals surface area contributed by atoms with Gasteiger partial charge in [0.15, 0.2) is 5.69 Å². The number of likely N-dealkylation sites (tertiary alicyclic amines) is 1. The number of aryl methyl sites for hydroxylation is 2. The van der Waals surface area contributed by atoms with E-state index in [1.807, 2.05) is 24.0 Å². The number of carbonyl (C=O) groups is 1. The molecule has 0 aliphatic carbocycles. The number of pyridine rings is 1. The Hall–Kier alpha value is -2.41. The third-order valence-corrected chi connectivity index (χ3v) is 5.43. The second kappa shape index (κ2) is 7.31. The minimum Gasteiger partial charge on any atom is -0.474 e. The summed E-state index contributed by atoms with van der Waals surface area (Å²) in [6.45, 7) is 5.80.